The van der Waals surface area contributed by atoms with Gasteiger partial charge < -0.3 is 10.6 Å². The third-order valence-corrected chi connectivity index (χ3v) is 3.48. The van der Waals surface area contributed by atoms with E-state index in [9.17, 15) is 0 Å². The van der Waals surface area contributed by atoms with Gasteiger partial charge in [0.25, 0.3) is 0 Å². The molecule has 19 heavy (non-hydrogen) atoms. The Bertz CT molecular complexity index is 582. The molecule has 0 aliphatic carbocycles. The molecule has 0 bridgehead atoms. The molecular weight excluding hydrogens is 266 g/mol. The van der Waals surface area contributed by atoms with Gasteiger partial charge in [0.05, 0.1) is 6.54 Å². The van der Waals surface area contributed by atoms with Gasteiger partial charge in [-0.05, 0) is 6.42 Å². The van der Waals surface area contributed by atoms with Crippen molar-refractivity contribution >= 4 is 23.1 Å². The number of hydrogen-bond acceptors (Lipinski definition) is 6. The van der Waals surface area contributed by atoms with Crippen LogP contribution in [-0.4, -0.2) is 37.8 Å². The SMILES string of the molecule is CNc1c(Cl)ncnc1NC1CCc2ncnn2C1. The van der Waals surface area contributed by atoms with Crippen LogP contribution in [0.25, 0.3) is 0 Å². The molecule has 0 amide bonds. The molecule has 0 aromatic carbocycles. The minimum atomic E-state index is 0.257. The molecular formula is C11H14ClN7. The van der Waals surface area contributed by atoms with Crippen molar-refractivity contribution in [3.05, 3.63) is 23.6 Å². The van der Waals surface area contributed by atoms with E-state index < -0.39 is 0 Å². The van der Waals surface area contributed by atoms with E-state index in [1.165, 1.54) is 6.33 Å². The summed E-state index contributed by atoms with van der Waals surface area (Å²) in [6, 6.07) is 0.257. The van der Waals surface area contributed by atoms with E-state index in [0.717, 1.165) is 31.0 Å². The molecule has 0 fully saturated rings. The highest BCUT2D eigenvalue weighted by atomic mass is 35.5. The van der Waals surface area contributed by atoms with Gasteiger partial charge >= 0.3 is 0 Å². The van der Waals surface area contributed by atoms with Crippen LogP contribution in [0.5, 0.6) is 0 Å². The third-order valence-electron chi connectivity index (χ3n) is 3.20. The van der Waals surface area contributed by atoms with E-state index in [1.807, 2.05) is 4.68 Å². The largest absolute Gasteiger partial charge is 0.383 e. The monoisotopic (exact) mass is 279 g/mol. The molecule has 0 radical (unpaired) electrons. The van der Waals surface area contributed by atoms with Crippen molar-refractivity contribution < 1.29 is 0 Å². The van der Waals surface area contributed by atoms with E-state index in [2.05, 4.69) is 30.7 Å². The van der Waals surface area contributed by atoms with Crippen molar-refractivity contribution in [1.82, 2.24) is 24.7 Å². The highest BCUT2D eigenvalue weighted by Gasteiger charge is 2.21. The van der Waals surface area contributed by atoms with Crippen LogP contribution in [0.2, 0.25) is 5.15 Å². The number of fused-ring (bicyclic) bond motifs is 1. The summed E-state index contributed by atoms with van der Waals surface area (Å²) < 4.78 is 1.92. The fourth-order valence-electron chi connectivity index (χ4n) is 2.24. The van der Waals surface area contributed by atoms with E-state index in [4.69, 9.17) is 11.6 Å². The Kier molecular flexibility index (Phi) is 3.20. The predicted octanol–water partition coefficient (Wildman–Crippen LogP) is 1.19. The van der Waals surface area contributed by atoms with Crippen molar-refractivity contribution in [3.63, 3.8) is 0 Å². The lowest BCUT2D eigenvalue weighted by Gasteiger charge is -2.24. The molecule has 1 atom stereocenters. The lowest BCUT2D eigenvalue weighted by Crippen LogP contribution is -2.32. The molecule has 1 aliphatic rings. The minimum Gasteiger partial charge on any atom is -0.383 e. The van der Waals surface area contributed by atoms with E-state index >= 15 is 0 Å². The number of aryl methyl sites for hydroxylation is 1. The number of anilines is 2. The van der Waals surface area contributed by atoms with Crippen LogP contribution in [0.1, 0.15) is 12.2 Å². The number of hydrogen-bond donors (Lipinski definition) is 2. The standard InChI is InChI=1S/C11H14ClN7/c1-13-9-10(12)15-5-16-11(9)18-7-2-3-8-14-6-17-19(8)4-7/h5-7,13H,2-4H2,1H3,(H,15,16,18). The maximum absolute atomic E-state index is 6.03. The first kappa shape index (κ1) is 12.2. The molecule has 100 valence electrons. The van der Waals surface area contributed by atoms with Crippen molar-refractivity contribution in [2.45, 2.75) is 25.4 Å². The fraction of sp³-hybridized carbons (Fsp3) is 0.455. The summed E-state index contributed by atoms with van der Waals surface area (Å²) in [4.78, 5) is 12.4. The zero-order valence-electron chi connectivity index (χ0n) is 10.5. The molecule has 1 unspecified atom stereocenters. The van der Waals surface area contributed by atoms with Gasteiger partial charge in [-0.25, -0.2) is 19.6 Å². The molecule has 0 saturated heterocycles. The predicted molar refractivity (Wildman–Crippen MR) is 72.3 cm³/mol. The average Bonchev–Trinajstić information content (AvgIpc) is 2.86. The lowest BCUT2D eigenvalue weighted by molar-refractivity contribution is 0.441. The van der Waals surface area contributed by atoms with Crippen molar-refractivity contribution in [3.8, 4) is 0 Å². The molecule has 2 aromatic heterocycles. The molecule has 2 N–H and O–H groups in total. The first-order valence-corrected chi connectivity index (χ1v) is 6.47. The maximum Gasteiger partial charge on any atom is 0.157 e. The zero-order chi connectivity index (χ0) is 13.2. The second-order valence-corrected chi connectivity index (χ2v) is 4.73. The molecule has 0 spiro atoms. The van der Waals surface area contributed by atoms with Crippen LogP contribution in [0, 0.1) is 0 Å². The molecule has 8 heteroatoms. The summed E-state index contributed by atoms with van der Waals surface area (Å²) in [6.07, 6.45) is 4.95. The van der Waals surface area contributed by atoms with Crippen LogP contribution >= 0.6 is 11.6 Å². The molecule has 7 nitrogen and oxygen atoms in total. The smallest absolute Gasteiger partial charge is 0.157 e. The minimum absolute atomic E-state index is 0.257. The Morgan fingerprint density at radius 3 is 3.05 bits per heavy atom. The van der Waals surface area contributed by atoms with E-state index in [1.54, 1.807) is 13.4 Å². The van der Waals surface area contributed by atoms with Crippen molar-refractivity contribution in [1.29, 1.82) is 0 Å². The fourth-order valence-corrected chi connectivity index (χ4v) is 2.47. The second-order valence-electron chi connectivity index (χ2n) is 4.38. The van der Waals surface area contributed by atoms with Crippen LogP contribution < -0.4 is 10.6 Å². The Balaban J connectivity index is 1.78. The van der Waals surface area contributed by atoms with Crippen LogP contribution in [0.4, 0.5) is 11.5 Å². The summed E-state index contributed by atoms with van der Waals surface area (Å²) in [5.41, 5.74) is 0.716. The average molecular weight is 280 g/mol. The molecule has 2 aromatic rings. The third kappa shape index (κ3) is 2.33. The van der Waals surface area contributed by atoms with Gasteiger partial charge in [-0.15, -0.1) is 0 Å². The van der Waals surface area contributed by atoms with Crippen molar-refractivity contribution in [2.75, 3.05) is 17.7 Å². The molecule has 0 saturated carbocycles. The second kappa shape index (κ2) is 5.00. The highest BCUT2D eigenvalue weighted by Crippen LogP contribution is 2.27. The molecule has 3 rings (SSSR count). The Labute approximate surface area is 115 Å². The number of aromatic nitrogens is 5. The number of halogens is 1. The van der Waals surface area contributed by atoms with E-state index in [-0.39, 0.29) is 6.04 Å². The van der Waals surface area contributed by atoms with E-state index in [0.29, 0.717) is 10.8 Å². The van der Waals surface area contributed by atoms with Crippen LogP contribution in [0.3, 0.4) is 0 Å². The summed E-state index contributed by atoms with van der Waals surface area (Å²) in [7, 11) is 1.80. The van der Waals surface area contributed by atoms with Gasteiger partial charge in [0, 0.05) is 19.5 Å². The summed E-state index contributed by atoms with van der Waals surface area (Å²) in [6.45, 7) is 0.778. The number of nitrogens with zero attached hydrogens (tertiary/aromatic N) is 5. The van der Waals surface area contributed by atoms with Gasteiger partial charge in [-0.1, -0.05) is 11.6 Å². The topological polar surface area (TPSA) is 80.6 Å². The van der Waals surface area contributed by atoms with Crippen LogP contribution in [0.15, 0.2) is 12.7 Å². The quantitative estimate of drug-likeness (QED) is 0.822. The molecule has 3 heterocycles. The molecule has 1 aliphatic heterocycles. The van der Waals surface area contributed by atoms with Crippen LogP contribution in [-0.2, 0) is 13.0 Å². The number of nitrogens with one attached hydrogen (secondary N) is 2. The zero-order valence-corrected chi connectivity index (χ0v) is 11.2. The summed E-state index contributed by atoms with van der Waals surface area (Å²) in [5, 5.41) is 11.0. The maximum atomic E-state index is 6.03. The summed E-state index contributed by atoms with van der Waals surface area (Å²) in [5.74, 6) is 1.75. The Hall–Kier alpha value is -1.89. The van der Waals surface area contributed by atoms with Gasteiger partial charge in [-0.2, -0.15) is 5.10 Å². The first-order chi connectivity index (χ1) is 9.28. The van der Waals surface area contributed by atoms with Gasteiger partial charge in [0.15, 0.2) is 11.0 Å². The van der Waals surface area contributed by atoms with Crippen molar-refractivity contribution in [2.24, 2.45) is 0 Å². The highest BCUT2D eigenvalue weighted by molar-refractivity contribution is 6.32. The van der Waals surface area contributed by atoms with Gasteiger partial charge in [-0.3, -0.25) is 0 Å². The number of rotatable bonds is 3. The Morgan fingerprint density at radius 2 is 2.21 bits per heavy atom. The van der Waals surface area contributed by atoms with Gasteiger partial charge in [0.2, 0.25) is 0 Å². The van der Waals surface area contributed by atoms with Gasteiger partial charge in [0.1, 0.15) is 24.2 Å². The Morgan fingerprint density at radius 1 is 1.32 bits per heavy atom. The summed E-state index contributed by atoms with van der Waals surface area (Å²) >= 11 is 6.03. The first-order valence-electron chi connectivity index (χ1n) is 6.09. The normalized spacial score (nSPS) is 17.9. The lowest BCUT2D eigenvalue weighted by atomic mass is 10.1.